The van der Waals surface area contributed by atoms with Crippen LogP contribution in [0.15, 0.2) is 0 Å². The zero-order valence-electron chi connectivity index (χ0n) is 15.8. The predicted molar refractivity (Wildman–Crippen MR) is 76.0 cm³/mol. The molecule has 0 amide bonds. The topological polar surface area (TPSA) is 238 Å². The number of ether oxygens (including phenoxy) is 3. The number of hydrogen-bond acceptors (Lipinski definition) is 13. The molecule has 2 aliphatic rings. The Morgan fingerprint density at radius 2 is 1.63 bits per heavy atom. The molecule has 0 radical (unpaired) electrons. The van der Waals surface area contributed by atoms with Gasteiger partial charge >= 0.3 is 59.1 Å². The molecule has 2 rings (SSSR count). The van der Waals surface area contributed by atoms with Crippen LogP contribution in [0.25, 0.3) is 0 Å². The van der Waals surface area contributed by atoms with Crippen molar-refractivity contribution >= 4 is 16.3 Å². The average Bonchev–Trinajstić information content (AvgIpc) is 2.59. The van der Waals surface area contributed by atoms with Crippen LogP contribution >= 0.6 is 0 Å². The van der Waals surface area contributed by atoms with E-state index in [0.717, 1.165) is 0 Å². The Bertz CT molecular complexity index is 675. The van der Waals surface area contributed by atoms with Gasteiger partial charge in [0.05, 0.1) is 12.6 Å². The van der Waals surface area contributed by atoms with E-state index < -0.39 is 84.3 Å². The molecule has 0 aromatic rings. The number of aliphatic carboxylic acids is 1. The molecule has 14 nitrogen and oxygen atoms in total. The molecule has 30 heavy (non-hydrogen) atoms. The molecule has 0 bridgehead atoms. The van der Waals surface area contributed by atoms with Gasteiger partial charge in [-0.15, -0.1) is 0 Å². The first-order valence-electron chi connectivity index (χ1n) is 7.75. The van der Waals surface area contributed by atoms with E-state index in [1.54, 1.807) is 0 Å². The molecule has 2 heterocycles. The van der Waals surface area contributed by atoms with E-state index >= 15 is 0 Å². The smallest absolute Gasteiger partial charge is 0.735 e. The second-order valence-electron chi connectivity index (χ2n) is 6.11. The fourth-order valence-electron chi connectivity index (χ4n) is 2.81. The SMILES string of the molecule is O=C([O-])[C@H]1O[C@@H](F)[C@H](O)[C@@H](O)[C@@H]1O[C@H]1O[C@H](CO)[C@@H](O)[C@H](O)[C@H]1NS(=O)(=O)[O-].[Na+].[Na+]. The molecular formula is C12H18FNNa2O13S. The number of carbonyl (C=O) groups is 1. The van der Waals surface area contributed by atoms with Crippen LogP contribution in [0.2, 0.25) is 0 Å². The zero-order chi connectivity index (χ0) is 21.4. The van der Waals surface area contributed by atoms with Gasteiger partial charge in [0.25, 0.3) is 0 Å². The molecule has 18 heteroatoms. The Kier molecular flexibility index (Phi) is 12.8. The van der Waals surface area contributed by atoms with Gasteiger partial charge in [0.2, 0.25) is 6.36 Å². The molecule has 2 fully saturated rings. The second kappa shape index (κ2) is 12.4. The van der Waals surface area contributed by atoms with Crippen molar-refractivity contribution in [1.29, 1.82) is 0 Å². The number of alkyl halides is 1. The summed E-state index contributed by atoms with van der Waals surface area (Å²) < 4.78 is 62.2. The van der Waals surface area contributed by atoms with Crippen LogP contribution in [0.5, 0.6) is 0 Å². The third kappa shape index (κ3) is 7.22. The van der Waals surface area contributed by atoms with Crippen molar-refractivity contribution in [2.75, 3.05) is 6.61 Å². The van der Waals surface area contributed by atoms with Crippen molar-refractivity contribution in [3.8, 4) is 0 Å². The Morgan fingerprint density at radius 3 is 2.10 bits per heavy atom. The van der Waals surface area contributed by atoms with E-state index in [0.29, 0.717) is 0 Å². The molecule has 0 unspecified atom stereocenters. The van der Waals surface area contributed by atoms with Gasteiger partial charge < -0.3 is 54.2 Å². The van der Waals surface area contributed by atoms with Crippen LogP contribution < -0.4 is 68.9 Å². The van der Waals surface area contributed by atoms with Crippen LogP contribution in [0, 0.1) is 0 Å². The molecule has 0 aromatic heterocycles. The monoisotopic (exact) mass is 481 g/mol. The molecule has 2 aliphatic heterocycles. The van der Waals surface area contributed by atoms with Crippen LogP contribution in [0.1, 0.15) is 0 Å². The molecule has 0 aliphatic carbocycles. The van der Waals surface area contributed by atoms with E-state index in [1.165, 1.54) is 4.72 Å². The Labute approximate surface area is 213 Å². The maximum Gasteiger partial charge on any atom is 1.00 e. The number of halogens is 1. The molecule has 0 spiro atoms. The largest absolute Gasteiger partial charge is 1.00 e. The van der Waals surface area contributed by atoms with Crippen molar-refractivity contribution in [2.24, 2.45) is 0 Å². The summed E-state index contributed by atoms with van der Waals surface area (Å²) in [5.74, 6) is -2.07. The molecule has 164 valence electrons. The zero-order valence-corrected chi connectivity index (χ0v) is 20.6. The molecule has 2 saturated heterocycles. The van der Waals surface area contributed by atoms with Gasteiger partial charge in [-0.2, -0.15) is 0 Å². The number of rotatable bonds is 6. The predicted octanol–water partition coefficient (Wildman–Crippen LogP) is -12.6. The first-order chi connectivity index (χ1) is 12.9. The number of carboxylic acid groups (broad SMARTS) is 1. The fourth-order valence-corrected chi connectivity index (χ4v) is 3.40. The van der Waals surface area contributed by atoms with E-state index in [4.69, 9.17) is 9.47 Å². The van der Waals surface area contributed by atoms with E-state index in [-0.39, 0.29) is 59.1 Å². The Hall–Kier alpha value is 0.950. The van der Waals surface area contributed by atoms with E-state index in [2.05, 4.69) is 4.74 Å². The summed E-state index contributed by atoms with van der Waals surface area (Å²) >= 11 is 0. The normalized spacial score (nSPS) is 42.0. The minimum absolute atomic E-state index is 0. The minimum atomic E-state index is -5.27. The van der Waals surface area contributed by atoms with Gasteiger partial charge in [-0.25, -0.2) is 17.5 Å². The summed E-state index contributed by atoms with van der Waals surface area (Å²) in [4.78, 5) is 11.1. The molecular weight excluding hydrogens is 463 g/mol. The van der Waals surface area contributed by atoms with Crippen molar-refractivity contribution < 1.29 is 126 Å². The summed E-state index contributed by atoms with van der Waals surface area (Å²) in [6, 6.07) is -2.03. The number of aliphatic hydroxyl groups is 5. The van der Waals surface area contributed by atoms with Crippen LogP contribution in [0.4, 0.5) is 4.39 Å². The summed E-state index contributed by atoms with van der Waals surface area (Å²) in [6.45, 7) is -0.919. The third-order valence-corrected chi connectivity index (χ3v) is 4.78. The van der Waals surface area contributed by atoms with Crippen LogP contribution in [-0.2, 0) is 29.3 Å². The summed E-state index contributed by atoms with van der Waals surface area (Å²) in [6.07, 6.45) is -19.2. The number of carbonyl (C=O) groups excluding carboxylic acids is 1. The molecule has 0 saturated carbocycles. The summed E-state index contributed by atoms with van der Waals surface area (Å²) in [5.41, 5.74) is 0. The van der Waals surface area contributed by atoms with Gasteiger partial charge in [-0.1, -0.05) is 0 Å². The maximum atomic E-state index is 13.5. The molecule has 0 aromatic carbocycles. The van der Waals surface area contributed by atoms with Crippen LogP contribution in [-0.4, -0.2) is 112 Å². The number of carboxylic acids is 1. The van der Waals surface area contributed by atoms with Crippen molar-refractivity contribution in [2.45, 2.75) is 61.4 Å². The van der Waals surface area contributed by atoms with Gasteiger partial charge in [0, 0.05) is 0 Å². The third-order valence-electron chi connectivity index (χ3n) is 4.21. The molecule has 10 atom stereocenters. The van der Waals surface area contributed by atoms with Crippen molar-refractivity contribution in [3.05, 3.63) is 0 Å². The van der Waals surface area contributed by atoms with Crippen LogP contribution in [0.3, 0.4) is 0 Å². The summed E-state index contributed by atoms with van der Waals surface area (Å²) in [5, 5.41) is 59.6. The quantitative estimate of drug-likeness (QED) is 0.153. The van der Waals surface area contributed by atoms with Gasteiger partial charge in [0.15, 0.2) is 16.6 Å². The maximum absolute atomic E-state index is 13.5. The van der Waals surface area contributed by atoms with Gasteiger partial charge in [-0.3, -0.25) is 0 Å². The average molecular weight is 481 g/mol. The van der Waals surface area contributed by atoms with E-state index in [1.807, 2.05) is 0 Å². The van der Waals surface area contributed by atoms with Crippen molar-refractivity contribution in [3.63, 3.8) is 0 Å². The number of nitrogens with one attached hydrogen (secondary N) is 1. The van der Waals surface area contributed by atoms with E-state index in [9.17, 15) is 52.8 Å². The number of hydrogen-bond donors (Lipinski definition) is 6. The Morgan fingerprint density at radius 1 is 1.07 bits per heavy atom. The standard InChI is InChI=1S/C12H20FNO13S.2Na/c13-10-7(19)6(18)8(9(26-10)11(20)21)27-12-3(14-28(22,23)24)5(17)4(16)2(1-15)25-12;;/h2-10,12,14-19H,1H2,(H,20,21)(H,22,23,24);;/q;2*+1/p-2/t2-,3-,4-,5-,6-,7-,8+,9+,10-,12-;;/m1../s1. The van der Waals surface area contributed by atoms with Gasteiger partial charge in [0.1, 0.15) is 48.8 Å². The fraction of sp³-hybridized carbons (Fsp3) is 0.917. The van der Waals surface area contributed by atoms with Crippen molar-refractivity contribution in [1.82, 2.24) is 4.72 Å². The minimum Gasteiger partial charge on any atom is -0.735 e. The van der Waals surface area contributed by atoms with Gasteiger partial charge in [-0.05, 0) is 0 Å². The second-order valence-corrected chi connectivity index (χ2v) is 7.26. The first-order valence-corrected chi connectivity index (χ1v) is 9.15. The number of aliphatic hydroxyl groups excluding tert-OH is 5. The first kappa shape index (κ1) is 30.9. The summed E-state index contributed by atoms with van der Waals surface area (Å²) in [7, 11) is -5.27. The molecule has 6 N–H and O–H groups in total. The Balaban J connectivity index is 0.00000420.